The molecule has 0 amide bonds. The molecule has 2 aromatic carbocycles. The fourth-order valence-corrected chi connectivity index (χ4v) is 2.54. The van der Waals surface area contributed by atoms with Gasteiger partial charge in [0.25, 0.3) is 0 Å². The van der Waals surface area contributed by atoms with Crippen LogP contribution in [0, 0.1) is 3.57 Å². The Balaban J connectivity index is 2.05. The van der Waals surface area contributed by atoms with Gasteiger partial charge in [-0.3, -0.25) is 0 Å². The SMILES string of the molecule is O=C(O)c1ccc2c(Nc3cccc(I)c3)ncnc2c1. The topological polar surface area (TPSA) is 75.1 Å². The molecule has 1 heterocycles. The van der Waals surface area contributed by atoms with E-state index >= 15 is 0 Å². The Hall–Kier alpha value is -2.22. The van der Waals surface area contributed by atoms with E-state index in [1.165, 1.54) is 6.33 Å². The van der Waals surface area contributed by atoms with Gasteiger partial charge in [-0.15, -0.1) is 0 Å². The zero-order valence-electron chi connectivity index (χ0n) is 10.7. The predicted molar refractivity (Wildman–Crippen MR) is 88.9 cm³/mol. The number of aromatic carboxylic acids is 1. The third-order valence-corrected chi connectivity index (χ3v) is 3.64. The first-order valence-electron chi connectivity index (χ1n) is 6.14. The van der Waals surface area contributed by atoms with E-state index in [-0.39, 0.29) is 5.56 Å². The average Bonchev–Trinajstić information content (AvgIpc) is 2.47. The summed E-state index contributed by atoms with van der Waals surface area (Å²) in [5.74, 6) is -0.318. The van der Waals surface area contributed by atoms with Gasteiger partial charge >= 0.3 is 5.97 Å². The zero-order valence-corrected chi connectivity index (χ0v) is 12.9. The Morgan fingerprint density at radius 2 is 2.00 bits per heavy atom. The number of halogens is 1. The number of rotatable bonds is 3. The summed E-state index contributed by atoms with van der Waals surface area (Å²) in [5.41, 5.74) is 1.73. The number of fused-ring (bicyclic) bond motifs is 1. The first-order valence-corrected chi connectivity index (χ1v) is 7.22. The first kappa shape index (κ1) is 13.7. The summed E-state index contributed by atoms with van der Waals surface area (Å²) in [5, 5.41) is 13.0. The number of benzene rings is 2. The third-order valence-electron chi connectivity index (χ3n) is 2.97. The predicted octanol–water partition coefficient (Wildman–Crippen LogP) is 3.68. The summed E-state index contributed by atoms with van der Waals surface area (Å²) >= 11 is 2.24. The molecule has 3 aromatic rings. The zero-order chi connectivity index (χ0) is 14.8. The number of nitrogens with one attached hydrogen (secondary N) is 1. The van der Waals surface area contributed by atoms with Gasteiger partial charge in [-0.1, -0.05) is 6.07 Å². The fourth-order valence-electron chi connectivity index (χ4n) is 1.99. The molecule has 0 bridgehead atoms. The first-order chi connectivity index (χ1) is 10.1. The third kappa shape index (κ3) is 2.94. The lowest BCUT2D eigenvalue weighted by atomic mass is 10.1. The van der Waals surface area contributed by atoms with Crippen LogP contribution in [0.15, 0.2) is 48.8 Å². The second kappa shape index (κ2) is 5.65. The van der Waals surface area contributed by atoms with E-state index in [4.69, 9.17) is 5.11 Å². The van der Waals surface area contributed by atoms with Gasteiger partial charge in [-0.2, -0.15) is 0 Å². The summed E-state index contributed by atoms with van der Waals surface area (Å²) in [6.45, 7) is 0. The van der Waals surface area contributed by atoms with Gasteiger partial charge in [0.1, 0.15) is 12.1 Å². The Morgan fingerprint density at radius 1 is 1.14 bits per heavy atom. The van der Waals surface area contributed by atoms with E-state index in [1.54, 1.807) is 18.2 Å². The number of carbonyl (C=O) groups is 1. The minimum Gasteiger partial charge on any atom is -0.478 e. The molecule has 104 valence electrons. The van der Waals surface area contributed by atoms with Crippen molar-refractivity contribution in [2.75, 3.05) is 5.32 Å². The second-order valence-corrected chi connectivity index (χ2v) is 5.64. The maximum absolute atomic E-state index is 11.0. The molecule has 0 aliphatic heterocycles. The molecule has 0 radical (unpaired) electrons. The highest BCUT2D eigenvalue weighted by atomic mass is 127. The number of nitrogens with zero attached hydrogens (tertiary/aromatic N) is 2. The molecule has 0 fully saturated rings. The van der Waals surface area contributed by atoms with Crippen molar-refractivity contribution in [3.8, 4) is 0 Å². The number of anilines is 2. The van der Waals surface area contributed by atoms with Crippen molar-refractivity contribution in [1.82, 2.24) is 9.97 Å². The van der Waals surface area contributed by atoms with Crippen LogP contribution in [-0.4, -0.2) is 21.0 Å². The van der Waals surface area contributed by atoms with Gasteiger partial charge in [0.15, 0.2) is 0 Å². The van der Waals surface area contributed by atoms with E-state index < -0.39 is 5.97 Å². The number of aromatic nitrogens is 2. The van der Waals surface area contributed by atoms with Crippen LogP contribution < -0.4 is 5.32 Å². The lowest BCUT2D eigenvalue weighted by Gasteiger charge is -2.09. The van der Waals surface area contributed by atoms with Crippen molar-refractivity contribution in [3.63, 3.8) is 0 Å². The Labute approximate surface area is 134 Å². The standard InChI is InChI=1S/C15H10IN3O2/c16-10-2-1-3-11(7-10)19-14-12-5-4-9(15(20)21)6-13(12)17-8-18-14/h1-8H,(H,20,21)(H,17,18,19). The lowest BCUT2D eigenvalue weighted by molar-refractivity contribution is 0.0697. The number of hydrogen-bond donors (Lipinski definition) is 2. The monoisotopic (exact) mass is 391 g/mol. The summed E-state index contributed by atoms with van der Waals surface area (Å²) in [6.07, 6.45) is 1.42. The van der Waals surface area contributed by atoms with Crippen LogP contribution in [0.25, 0.3) is 10.9 Å². The molecule has 0 saturated heterocycles. The van der Waals surface area contributed by atoms with E-state index in [0.29, 0.717) is 11.3 Å². The van der Waals surface area contributed by atoms with Crippen molar-refractivity contribution in [1.29, 1.82) is 0 Å². The van der Waals surface area contributed by atoms with Gasteiger partial charge < -0.3 is 10.4 Å². The summed E-state index contributed by atoms with van der Waals surface area (Å²) in [6, 6.07) is 12.7. The highest BCUT2D eigenvalue weighted by Gasteiger charge is 2.08. The number of carboxylic acids is 1. The smallest absolute Gasteiger partial charge is 0.335 e. The van der Waals surface area contributed by atoms with Crippen LogP contribution in [0.3, 0.4) is 0 Å². The van der Waals surface area contributed by atoms with Gasteiger partial charge in [0.2, 0.25) is 0 Å². The number of carboxylic acid groups (broad SMARTS) is 1. The van der Waals surface area contributed by atoms with Crippen molar-refractivity contribution in [2.45, 2.75) is 0 Å². The highest BCUT2D eigenvalue weighted by molar-refractivity contribution is 14.1. The van der Waals surface area contributed by atoms with Crippen LogP contribution in [-0.2, 0) is 0 Å². The number of hydrogen-bond acceptors (Lipinski definition) is 4. The van der Waals surface area contributed by atoms with Crippen LogP contribution >= 0.6 is 22.6 Å². The van der Waals surface area contributed by atoms with E-state index in [0.717, 1.165) is 14.6 Å². The minimum atomic E-state index is -0.970. The normalized spacial score (nSPS) is 10.5. The molecule has 1 aromatic heterocycles. The van der Waals surface area contributed by atoms with Crippen molar-refractivity contribution in [2.24, 2.45) is 0 Å². The molecule has 6 heteroatoms. The second-order valence-electron chi connectivity index (χ2n) is 4.39. The van der Waals surface area contributed by atoms with E-state index in [1.807, 2.05) is 24.3 Å². The van der Waals surface area contributed by atoms with Crippen molar-refractivity contribution < 1.29 is 9.90 Å². The fraction of sp³-hybridized carbons (Fsp3) is 0. The summed E-state index contributed by atoms with van der Waals surface area (Å²) in [7, 11) is 0. The van der Waals surface area contributed by atoms with Crippen LogP contribution in [0.5, 0.6) is 0 Å². The molecule has 2 N–H and O–H groups in total. The highest BCUT2D eigenvalue weighted by Crippen LogP contribution is 2.24. The molecule has 0 spiro atoms. The molecule has 0 unspecified atom stereocenters. The van der Waals surface area contributed by atoms with Gasteiger partial charge in [0, 0.05) is 14.6 Å². The van der Waals surface area contributed by atoms with Crippen LogP contribution in [0.2, 0.25) is 0 Å². The molecule has 3 rings (SSSR count). The molecule has 0 aliphatic rings. The van der Waals surface area contributed by atoms with Crippen molar-refractivity contribution in [3.05, 3.63) is 57.9 Å². The molecular formula is C15H10IN3O2. The molecule has 21 heavy (non-hydrogen) atoms. The van der Waals surface area contributed by atoms with E-state index in [9.17, 15) is 4.79 Å². The summed E-state index contributed by atoms with van der Waals surface area (Å²) < 4.78 is 1.11. The molecule has 5 nitrogen and oxygen atoms in total. The summed E-state index contributed by atoms with van der Waals surface area (Å²) in [4.78, 5) is 19.4. The van der Waals surface area contributed by atoms with Gasteiger partial charge in [-0.25, -0.2) is 14.8 Å². The maximum Gasteiger partial charge on any atom is 0.335 e. The van der Waals surface area contributed by atoms with Crippen LogP contribution in [0.1, 0.15) is 10.4 Å². The van der Waals surface area contributed by atoms with Gasteiger partial charge in [0.05, 0.1) is 11.1 Å². The maximum atomic E-state index is 11.0. The van der Waals surface area contributed by atoms with Crippen molar-refractivity contribution >= 4 is 51.0 Å². The molecule has 0 saturated carbocycles. The molecular weight excluding hydrogens is 381 g/mol. The largest absolute Gasteiger partial charge is 0.478 e. The Kier molecular flexibility index (Phi) is 3.70. The lowest BCUT2D eigenvalue weighted by Crippen LogP contribution is -1.99. The molecule has 0 atom stereocenters. The van der Waals surface area contributed by atoms with E-state index in [2.05, 4.69) is 37.9 Å². The Morgan fingerprint density at radius 3 is 2.76 bits per heavy atom. The minimum absolute atomic E-state index is 0.210. The van der Waals surface area contributed by atoms with Gasteiger partial charge in [-0.05, 0) is 59.0 Å². The average molecular weight is 391 g/mol. The van der Waals surface area contributed by atoms with Crippen LogP contribution in [0.4, 0.5) is 11.5 Å². The Bertz CT molecular complexity index is 836. The molecule has 0 aliphatic carbocycles. The quantitative estimate of drug-likeness (QED) is 0.667.